The van der Waals surface area contributed by atoms with Crippen molar-refractivity contribution in [3.63, 3.8) is 0 Å². The number of hydrogen-bond acceptors (Lipinski definition) is 3. The van der Waals surface area contributed by atoms with Gasteiger partial charge in [-0.05, 0) is 43.2 Å². The molecule has 2 heterocycles. The minimum absolute atomic E-state index is 0.0583. The summed E-state index contributed by atoms with van der Waals surface area (Å²) in [4.78, 5) is 18.0. The van der Waals surface area contributed by atoms with Crippen molar-refractivity contribution in [2.75, 3.05) is 4.90 Å². The second-order valence-corrected chi connectivity index (χ2v) is 6.56. The average Bonchev–Trinajstić information content (AvgIpc) is 3.02. The number of H-pyrrole nitrogens is 1. The molecule has 0 aliphatic carbocycles. The molecule has 1 fully saturated rings. The van der Waals surface area contributed by atoms with Crippen LogP contribution in [0.1, 0.15) is 16.8 Å². The maximum absolute atomic E-state index is 12.7. The second-order valence-electron chi connectivity index (χ2n) is 4.88. The van der Waals surface area contributed by atoms with E-state index in [0.29, 0.717) is 9.23 Å². The number of benzene rings is 1. The van der Waals surface area contributed by atoms with Crippen LogP contribution < -0.4 is 4.90 Å². The van der Waals surface area contributed by atoms with E-state index in [1.165, 1.54) is 11.8 Å². The van der Waals surface area contributed by atoms with Gasteiger partial charge in [0.25, 0.3) is 5.91 Å². The number of nitrogens with one attached hydrogen (secondary N) is 1. The highest BCUT2D eigenvalue weighted by Crippen LogP contribution is 2.38. The van der Waals surface area contributed by atoms with Crippen molar-refractivity contribution in [2.45, 2.75) is 13.8 Å². The van der Waals surface area contributed by atoms with Crippen LogP contribution >= 0.6 is 24.0 Å². The molecule has 0 bridgehead atoms. The summed E-state index contributed by atoms with van der Waals surface area (Å²) in [6.45, 7) is 3.99. The van der Waals surface area contributed by atoms with E-state index < -0.39 is 0 Å². The largest absolute Gasteiger partial charge is 0.362 e. The van der Waals surface area contributed by atoms with E-state index in [1.807, 2.05) is 56.5 Å². The Balaban J connectivity index is 2.02. The molecule has 1 aliphatic heterocycles. The fourth-order valence-electron chi connectivity index (χ4n) is 2.39. The number of carbonyl (C=O) groups excluding carboxylic acids is 1. The third kappa shape index (κ3) is 2.54. The number of aromatic amines is 1. The van der Waals surface area contributed by atoms with Gasteiger partial charge in [-0.3, -0.25) is 9.69 Å². The first kappa shape index (κ1) is 14.1. The van der Waals surface area contributed by atoms with Crippen molar-refractivity contribution >= 4 is 46.0 Å². The number of anilines is 1. The molecule has 3 nitrogen and oxygen atoms in total. The molecule has 1 aromatic carbocycles. The number of nitrogens with zero attached hydrogens (tertiary/aromatic N) is 1. The van der Waals surface area contributed by atoms with Crippen LogP contribution in [0.5, 0.6) is 0 Å². The SMILES string of the molecule is Cc1cccc(C)c1N1C(=O)/C(=C\c2ccc[nH]2)SC1=S. The van der Waals surface area contributed by atoms with Crippen LogP contribution in [0.25, 0.3) is 6.08 Å². The summed E-state index contributed by atoms with van der Waals surface area (Å²) in [7, 11) is 0. The zero-order chi connectivity index (χ0) is 15.0. The van der Waals surface area contributed by atoms with Crippen LogP contribution in [0, 0.1) is 13.8 Å². The maximum Gasteiger partial charge on any atom is 0.270 e. The van der Waals surface area contributed by atoms with Crippen LogP contribution in [0.15, 0.2) is 41.4 Å². The number of aryl methyl sites for hydroxylation is 2. The molecule has 0 radical (unpaired) electrons. The van der Waals surface area contributed by atoms with E-state index >= 15 is 0 Å². The first-order chi connectivity index (χ1) is 10.1. The molecule has 3 rings (SSSR count). The summed E-state index contributed by atoms with van der Waals surface area (Å²) in [5.74, 6) is -0.0583. The predicted octanol–water partition coefficient (Wildman–Crippen LogP) is 4.04. The van der Waals surface area contributed by atoms with Crippen molar-refractivity contribution in [1.29, 1.82) is 0 Å². The Labute approximate surface area is 133 Å². The zero-order valence-electron chi connectivity index (χ0n) is 11.7. The van der Waals surface area contributed by atoms with Gasteiger partial charge in [-0.15, -0.1) is 0 Å². The van der Waals surface area contributed by atoms with Crippen molar-refractivity contribution in [2.24, 2.45) is 0 Å². The van der Waals surface area contributed by atoms with Crippen LogP contribution in [-0.2, 0) is 4.79 Å². The lowest BCUT2D eigenvalue weighted by Crippen LogP contribution is -2.29. The fraction of sp³-hybridized carbons (Fsp3) is 0.125. The first-order valence-corrected chi connectivity index (χ1v) is 7.78. The lowest BCUT2D eigenvalue weighted by Gasteiger charge is -2.19. The normalized spacial score (nSPS) is 17.0. The highest BCUT2D eigenvalue weighted by atomic mass is 32.2. The Morgan fingerprint density at radius 2 is 1.90 bits per heavy atom. The minimum atomic E-state index is -0.0583. The highest BCUT2D eigenvalue weighted by Gasteiger charge is 2.34. The van der Waals surface area contributed by atoms with Gasteiger partial charge in [-0.1, -0.05) is 42.2 Å². The molecule has 0 atom stereocenters. The second kappa shape index (κ2) is 5.50. The number of aromatic nitrogens is 1. The third-order valence-corrected chi connectivity index (χ3v) is 4.67. The first-order valence-electron chi connectivity index (χ1n) is 6.55. The summed E-state index contributed by atoms with van der Waals surface area (Å²) >= 11 is 6.75. The van der Waals surface area contributed by atoms with Gasteiger partial charge >= 0.3 is 0 Å². The van der Waals surface area contributed by atoms with Crippen molar-refractivity contribution < 1.29 is 4.79 Å². The number of para-hydroxylation sites is 1. The van der Waals surface area contributed by atoms with Gasteiger partial charge in [0, 0.05) is 11.9 Å². The number of rotatable bonds is 2. The van der Waals surface area contributed by atoms with Crippen LogP contribution in [0.3, 0.4) is 0 Å². The lowest BCUT2D eigenvalue weighted by molar-refractivity contribution is -0.113. The zero-order valence-corrected chi connectivity index (χ0v) is 13.3. The quantitative estimate of drug-likeness (QED) is 0.671. The van der Waals surface area contributed by atoms with Gasteiger partial charge in [0.2, 0.25) is 0 Å². The molecule has 1 aromatic heterocycles. The molecule has 0 saturated carbocycles. The topological polar surface area (TPSA) is 36.1 Å². The minimum Gasteiger partial charge on any atom is -0.362 e. The number of thioether (sulfide) groups is 1. The van der Waals surface area contributed by atoms with E-state index in [2.05, 4.69) is 4.98 Å². The Kier molecular flexibility index (Phi) is 3.69. The van der Waals surface area contributed by atoms with Crippen molar-refractivity contribution in [3.05, 3.63) is 58.3 Å². The molecular weight excluding hydrogens is 300 g/mol. The number of amides is 1. The Hall–Kier alpha value is -1.85. The molecule has 0 spiro atoms. The van der Waals surface area contributed by atoms with Crippen molar-refractivity contribution in [1.82, 2.24) is 4.98 Å². The van der Waals surface area contributed by atoms with E-state index in [9.17, 15) is 4.79 Å². The number of thiocarbonyl (C=S) groups is 1. The molecule has 1 saturated heterocycles. The predicted molar refractivity (Wildman–Crippen MR) is 92.4 cm³/mol. The van der Waals surface area contributed by atoms with Gasteiger partial charge in [0.05, 0.1) is 10.6 Å². The van der Waals surface area contributed by atoms with Gasteiger partial charge in [-0.25, -0.2) is 0 Å². The molecule has 21 heavy (non-hydrogen) atoms. The van der Waals surface area contributed by atoms with Crippen LogP contribution in [0.2, 0.25) is 0 Å². The van der Waals surface area contributed by atoms with E-state index in [4.69, 9.17) is 12.2 Å². The summed E-state index contributed by atoms with van der Waals surface area (Å²) in [6, 6.07) is 9.80. The average molecular weight is 314 g/mol. The fourth-order valence-corrected chi connectivity index (χ4v) is 3.66. The molecule has 1 aliphatic rings. The van der Waals surface area contributed by atoms with Crippen LogP contribution in [-0.4, -0.2) is 15.2 Å². The monoisotopic (exact) mass is 314 g/mol. The Bertz CT molecular complexity index is 727. The standard InChI is InChI=1S/C16H14N2OS2/c1-10-5-3-6-11(2)14(10)18-15(19)13(21-16(18)20)9-12-7-4-8-17-12/h3-9,17H,1-2H3/b13-9+. The lowest BCUT2D eigenvalue weighted by atomic mass is 10.1. The van der Waals surface area contributed by atoms with E-state index in [1.54, 1.807) is 4.90 Å². The maximum atomic E-state index is 12.7. The highest BCUT2D eigenvalue weighted by molar-refractivity contribution is 8.27. The van der Waals surface area contributed by atoms with Gasteiger partial charge in [0.15, 0.2) is 4.32 Å². The Morgan fingerprint density at radius 3 is 2.52 bits per heavy atom. The molecule has 2 aromatic rings. The molecule has 1 amide bonds. The summed E-state index contributed by atoms with van der Waals surface area (Å²) in [5, 5.41) is 0. The smallest absolute Gasteiger partial charge is 0.270 e. The van der Waals surface area contributed by atoms with Crippen LogP contribution in [0.4, 0.5) is 5.69 Å². The third-order valence-electron chi connectivity index (χ3n) is 3.37. The van der Waals surface area contributed by atoms with Gasteiger partial charge in [-0.2, -0.15) is 0 Å². The summed E-state index contributed by atoms with van der Waals surface area (Å²) in [6.07, 6.45) is 3.67. The molecule has 1 N–H and O–H groups in total. The number of hydrogen-bond donors (Lipinski definition) is 1. The molecule has 106 valence electrons. The molecule has 5 heteroatoms. The summed E-state index contributed by atoms with van der Waals surface area (Å²) < 4.78 is 0.579. The van der Waals surface area contributed by atoms with Gasteiger partial charge < -0.3 is 4.98 Å². The van der Waals surface area contributed by atoms with Gasteiger partial charge in [0.1, 0.15) is 0 Å². The Morgan fingerprint density at radius 1 is 1.19 bits per heavy atom. The van der Waals surface area contributed by atoms with E-state index in [-0.39, 0.29) is 5.91 Å². The van der Waals surface area contributed by atoms with Crippen molar-refractivity contribution in [3.8, 4) is 0 Å². The molecule has 0 unspecified atom stereocenters. The molecular formula is C16H14N2OS2. The summed E-state index contributed by atoms with van der Waals surface area (Å²) in [5.41, 5.74) is 3.90. The van der Waals surface area contributed by atoms with E-state index in [0.717, 1.165) is 22.5 Å². The number of carbonyl (C=O) groups is 1.